The molecule has 2 aliphatic heterocycles. The average Bonchev–Trinajstić information content (AvgIpc) is 3.55. The molecule has 4 aliphatic rings. The van der Waals surface area contributed by atoms with Crippen molar-refractivity contribution in [3.8, 4) is 0 Å². The van der Waals surface area contributed by atoms with Gasteiger partial charge in [-0.05, 0) is 81.5 Å². The number of aryl methyl sites for hydroxylation is 1. The molecule has 0 aromatic heterocycles. The minimum absolute atomic E-state index is 0.0356. The summed E-state index contributed by atoms with van der Waals surface area (Å²) in [6, 6.07) is 17.6. The normalized spacial score (nSPS) is 34.8. The van der Waals surface area contributed by atoms with E-state index in [-0.39, 0.29) is 17.5 Å². The van der Waals surface area contributed by atoms with Crippen LogP contribution in [0, 0.1) is 18.8 Å². The Morgan fingerprint density at radius 2 is 1.38 bits per heavy atom. The summed E-state index contributed by atoms with van der Waals surface area (Å²) in [5.74, 6) is 1.27. The van der Waals surface area contributed by atoms with Crippen molar-refractivity contribution in [2.75, 3.05) is 9.80 Å². The molecule has 0 spiro atoms. The summed E-state index contributed by atoms with van der Waals surface area (Å²) in [4.78, 5) is 4.68. The van der Waals surface area contributed by atoms with Gasteiger partial charge >= 0.3 is 0 Å². The number of benzene rings is 2. The van der Waals surface area contributed by atoms with Gasteiger partial charge < -0.3 is 9.80 Å². The molecule has 6 rings (SSSR count). The predicted molar refractivity (Wildman–Crippen MR) is 136 cm³/mol. The van der Waals surface area contributed by atoms with Crippen molar-refractivity contribution in [3.05, 3.63) is 59.7 Å². The van der Waals surface area contributed by atoms with Crippen LogP contribution in [0.5, 0.6) is 0 Å². The number of hydrogen-bond donors (Lipinski definition) is 0. The molecule has 4 atom stereocenters. The van der Waals surface area contributed by atoms with E-state index in [0.29, 0.717) is 11.8 Å². The molecule has 2 aromatic rings. The number of nitrogens with zero attached hydrogens (tertiary/aromatic N) is 2. The predicted octanol–water partition coefficient (Wildman–Crippen LogP) is 7.45. The third-order valence-corrected chi connectivity index (χ3v) is 9.57. The quantitative estimate of drug-likeness (QED) is 0.498. The largest absolute Gasteiger partial charge is 0.346 e. The maximum atomic E-state index is 8.80. The Labute approximate surface area is 199 Å². The minimum atomic E-state index is -2.11. The van der Waals surface area contributed by atoms with E-state index in [1.54, 1.807) is 0 Å². The Kier molecular flexibility index (Phi) is 4.28. The molecular weight excluding hydrogens is 388 g/mol. The summed E-state index contributed by atoms with van der Waals surface area (Å²) in [6.07, 6.45) is 11.1. The molecule has 32 heavy (non-hydrogen) atoms. The molecule has 0 bridgehead atoms. The summed E-state index contributed by atoms with van der Waals surface area (Å²) < 4.78 is 26.4. The third-order valence-electron chi connectivity index (χ3n) is 9.57. The van der Waals surface area contributed by atoms with E-state index < -0.39 is 13.0 Å². The van der Waals surface area contributed by atoms with E-state index in [2.05, 4.69) is 72.2 Å². The van der Waals surface area contributed by atoms with Crippen LogP contribution in [-0.2, 0) is 5.41 Å². The summed E-state index contributed by atoms with van der Waals surface area (Å²) in [5, 5.41) is 0. The second-order valence-corrected chi connectivity index (χ2v) is 10.9. The lowest BCUT2D eigenvalue weighted by molar-refractivity contribution is 0.106. The van der Waals surface area contributed by atoms with Gasteiger partial charge in [0.2, 0.25) is 0 Å². The van der Waals surface area contributed by atoms with Crippen LogP contribution in [0.15, 0.2) is 48.5 Å². The molecule has 2 heteroatoms. The van der Waals surface area contributed by atoms with Crippen LogP contribution in [0.1, 0.15) is 86.8 Å². The molecule has 2 aliphatic carbocycles. The van der Waals surface area contributed by atoms with Gasteiger partial charge in [0.15, 0.2) is 0 Å². The van der Waals surface area contributed by atoms with E-state index in [4.69, 9.17) is 4.11 Å². The van der Waals surface area contributed by atoms with Crippen LogP contribution in [0.3, 0.4) is 0 Å². The minimum Gasteiger partial charge on any atom is -0.346 e. The molecule has 1 saturated heterocycles. The van der Waals surface area contributed by atoms with Crippen LogP contribution in [0.2, 0.25) is 0 Å². The van der Waals surface area contributed by atoms with Gasteiger partial charge in [-0.3, -0.25) is 0 Å². The lowest BCUT2D eigenvalue weighted by Gasteiger charge is -2.50. The summed E-state index contributed by atoms with van der Waals surface area (Å²) in [5.41, 5.74) is 4.94. The zero-order valence-electron chi connectivity index (χ0n) is 22.8. The Hall–Kier alpha value is -1.96. The topological polar surface area (TPSA) is 6.48 Å². The van der Waals surface area contributed by atoms with Crippen LogP contribution in [-0.4, -0.2) is 18.2 Å². The lowest BCUT2D eigenvalue weighted by Crippen LogP contribution is -2.56. The average molecular weight is 432 g/mol. The summed E-state index contributed by atoms with van der Waals surface area (Å²) in [7, 11) is 0. The molecule has 2 saturated carbocycles. The van der Waals surface area contributed by atoms with Gasteiger partial charge in [0.1, 0.15) is 0 Å². The maximum Gasteiger partial charge on any atom is 0.0994 e. The number of hydrogen-bond acceptors (Lipinski definition) is 2. The fraction of sp³-hybridized carbons (Fsp3) is 0.600. The Morgan fingerprint density at radius 1 is 0.781 bits per heavy atom. The summed E-state index contributed by atoms with van der Waals surface area (Å²) >= 11 is 0. The Morgan fingerprint density at radius 3 is 2.03 bits per heavy atom. The van der Waals surface area contributed by atoms with Gasteiger partial charge in [-0.1, -0.05) is 68.5 Å². The van der Waals surface area contributed by atoms with E-state index in [9.17, 15) is 0 Å². The first kappa shape index (κ1) is 17.5. The van der Waals surface area contributed by atoms with E-state index in [0.717, 1.165) is 11.3 Å². The Balaban J connectivity index is 1.61. The van der Waals surface area contributed by atoms with Crippen molar-refractivity contribution >= 4 is 11.4 Å². The lowest BCUT2D eigenvalue weighted by atomic mass is 9.55. The SMILES string of the molecule is [2H]C([2H])([2H])C1N2c3ccccc3C(C3CCCCC3)(C3CCCC3)C2[C@H](C)N1c1ccccc1C. The zero-order chi connectivity index (χ0) is 24.4. The van der Waals surface area contributed by atoms with Crippen LogP contribution >= 0.6 is 0 Å². The Bertz CT molecular complexity index is 1070. The molecule has 0 radical (unpaired) electrons. The van der Waals surface area contributed by atoms with Crippen molar-refractivity contribution in [2.24, 2.45) is 11.8 Å². The first-order valence-corrected chi connectivity index (χ1v) is 13.1. The highest BCUT2D eigenvalue weighted by Crippen LogP contribution is 2.63. The third kappa shape index (κ3) is 2.71. The fourth-order valence-corrected chi connectivity index (χ4v) is 8.47. The van der Waals surface area contributed by atoms with E-state index >= 15 is 0 Å². The number of para-hydroxylation sites is 2. The highest BCUT2D eigenvalue weighted by molar-refractivity contribution is 5.72. The molecule has 3 fully saturated rings. The number of anilines is 2. The summed E-state index contributed by atoms with van der Waals surface area (Å²) in [6.45, 7) is 2.34. The first-order valence-electron chi connectivity index (χ1n) is 14.6. The van der Waals surface area contributed by atoms with Gasteiger partial charge in [0.05, 0.1) is 12.2 Å². The molecule has 170 valence electrons. The number of fused-ring (bicyclic) bond motifs is 3. The molecule has 3 unspecified atom stereocenters. The van der Waals surface area contributed by atoms with Crippen molar-refractivity contribution in [1.82, 2.24) is 0 Å². The van der Waals surface area contributed by atoms with Gasteiger partial charge in [0, 0.05) is 26.9 Å². The van der Waals surface area contributed by atoms with Crippen molar-refractivity contribution in [2.45, 2.75) is 102 Å². The van der Waals surface area contributed by atoms with Crippen molar-refractivity contribution in [1.29, 1.82) is 0 Å². The highest BCUT2D eigenvalue weighted by atomic mass is 15.5. The van der Waals surface area contributed by atoms with Gasteiger partial charge in [0.25, 0.3) is 0 Å². The van der Waals surface area contributed by atoms with Gasteiger partial charge in [-0.15, -0.1) is 0 Å². The monoisotopic (exact) mass is 431 g/mol. The molecule has 2 heterocycles. The second-order valence-electron chi connectivity index (χ2n) is 10.9. The highest BCUT2D eigenvalue weighted by Gasteiger charge is 2.65. The molecular formula is C30H40N2. The standard InChI is InChI=1S/C30H40N2/c1-21-13-7-11-19-27(21)31-22(2)29-30(25-16-8-9-17-25,24-14-5-4-6-15-24)26-18-10-12-20-28(26)32(29)23(31)3/h7,10-13,18-20,22-25,29H,4-6,8-9,14-17H2,1-3H3/t22-,23?,29?,30?/m0/s1/i3D3. The zero-order valence-corrected chi connectivity index (χ0v) is 19.8. The van der Waals surface area contributed by atoms with E-state index in [1.807, 2.05) is 0 Å². The van der Waals surface area contributed by atoms with Gasteiger partial charge in [-0.2, -0.15) is 0 Å². The molecule has 2 nitrogen and oxygen atoms in total. The molecule has 0 amide bonds. The van der Waals surface area contributed by atoms with Crippen molar-refractivity contribution in [3.63, 3.8) is 0 Å². The molecule has 2 aromatic carbocycles. The first-order chi connectivity index (χ1) is 16.9. The van der Waals surface area contributed by atoms with Crippen LogP contribution in [0.4, 0.5) is 11.4 Å². The molecule has 0 N–H and O–H groups in total. The second kappa shape index (κ2) is 7.82. The van der Waals surface area contributed by atoms with Gasteiger partial charge in [-0.25, -0.2) is 0 Å². The van der Waals surface area contributed by atoms with Crippen LogP contribution < -0.4 is 9.80 Å². The number of rotatable bonds is 3. The smallest absolute Gasteiger partial charge is 0.0994 e. The maximum absolute atomic E-state index is 8.80. The fourth-order valence-electron chi connectivity index (χ4n) is 8.47. The van der Waals surface area contributed by atoms with Crippen LogP contribution in [0.25, 0.3) is 0 Å². The van der Waals surface area contributed by atoms with E-state index in [1.165, 1.54) is 69.0 Å². The van der Waals surface area contributed by atoms with Crippen molar-refractivity contribution < 1.29 is 4.11 Å².